The first kappa shape index (κ1) is 19.5. The summed E-state index contributed by atoms with van der Waals surface area (Å²) >= 11 is 6.48. The summed E-state index contributed by atoms with van der Waals surface area (Å²) in [7, 11) is 0. The Morgan fingerprint density at radius 2 is 1.85 bits per heavy atom. The van der Waals surface area contributed by atoms with E-state index in [0.717, 1.165) is 30.4 Å². The molecular weight excluding hydrogens is 346 g/mol. The van der Waals surface area contributed by atoms with Crippen LogP contribution in [0.15, 0.2) is 18.2 Å². The Balaban J connectivity index is 1.56. The van der Waals surface area contributed by atoms with Crippen LogP contribution in [0.1, 0.15) is 47.0 Å². The molecule has 0 spiro atoms. The Labute approximate surface area is 162 Å². The minimum atomic E-state index is -0.0752. The predicted molar refractivity (Wildman–Crippen MR) is 110 cm³/mol. The summed E-state index contributed by atoms with van der Waals surface area (Å²) in [5.41, 5.74) is 2.25. The lowest BCUT2D eigenvalue weighted by Gasteiger charge is -2.38. The van der Waals surface area contributed by atoms with Crippen molar-refractivity contribution in [3.05, 3.63) is 23.2 Å². The Morgan fingerprint density at radius 3 is 2.38 bits per heavy atom. The van der Waals surface area contributed by atoms with Crippen LogP contribution in [0, 0.1) is 11.3 Å². The lowest BCUT2D eigenvalue weighted by Crippen LogP contribution is -2.44. The maximum absolute atomic E-state index is 11.2. The molecule has 2 aliphatic rings. The molecule has 2 aliphatic heterocycles. The molecule has 0 bridgehead atoms. The van der Waals surface area contributed by atoms with E-state index in [0.29, 0.717) is 16.5 Å². The van der Waals surface area contributed by atoms with E-state index < -0.39 is 0 Å². The normalized spacial score (nSPS) is 22.7. The third-order valence-corrected chi connectivity index (χ3v) is 6.34. The zero-order valence-electron chi connectivity index (χ0n) is 16.5. The molecule has 1 N–H and O–H groups in total. The van der Waals surface area contributed by atoms with Gasteiger partial charge in [-0.05, 0) is 55.3 Å². The first-order valence-electron chi connectivity index (χ1n) is 9.80. The van der Waals surface area contributed by atoms with Gasteiger partial charge in [0.05, 0.1) is 10.7 Å². The standard InChI is InChI=1S/C21H32ClN3O/c1-15(26)23-17-5-6-20(19(22)13-17)24-11-8-18(9-12-24)25-10-7-16(14-25)21(2,3)4/h5-6,13,16,18H,7-12,14H2,1-4H3,(H,23,26). The highest BCUT2D eigenvalue weighted by atomic mass is 35.5. The van der Waals surface area contributed by atoms with Gasteiger partial charge in [0.25, 0.3) is 0 Å². The molecule has 1 aromatic carbocycles. The molecular formula is C21H32ClN3O. The second kappa shape index (κ2) is 7.77. The number of carbonyl (C=O) groups excluding carboxylic acids is 1. The van der Waals surface area contributed by atoms with Crippen molar-refractivity contribution in [3.8, 4) is 0 Å². The van der Waals surface area contributed by atoms with E-state index in [4.69, 9.17) is 11.6 Å². The fraction of sp³-hybridized carbons (Fsp3) is 0.667. The predicted octanol–water partition coefficient (Wildman–Crippen LogP) is 4.64. The van der Waals surface area contributed by atoms with E-state index in [1.165, 1.54) is 39.3 Å². The summed E-state index contributed by atoms with van der Waals surface area (Å²) in [6.45, 7) is 13.2. The first-order chi connectivity index (χ1) is 12.2. The van der Waals surface area contributed by atoms with Crippen LogP contribution in [-0.2, 0) is 4.79 Å². The van der Waals surface area contributed by atoms with Gasteiger partial charge in [0.15, 0.2) is 0 Å². The van der Waals surface area contributed by atoms with Gasteiger partial charge in [-0.3, -0.25) is 9.69 Å². The smallest absolute Gasteiger partial charge is 0.221 e. The summed E-state index contributed by atoms with van der Waals surface area (Å²) < 4.78 is 0. The average molecular weight is 378 g/mol. The number of carbonyl (C=O) groups is 1. The zero-order valence-corrected chi connectivity index (χ0v) is 17.3. The number of hydrogen-bond acceptors (Lipinski definition) is 3. The third-order valence-electron chi connectivity index (χ3n) is 6.03. The van der Waals surface area contributed by atoms with Gasteiger partial charge in [0, 0.05) is 38.3 Å². The molecule has 2 heterocycles. The summed E-state index contributed by atoms with van der Waals surface area (Å²) in [5.74, 6) is 0.741. The van der Waals surface area contributed by atoms with Gasteiger partial charge in [-0.2, -0.15) is 0 Å². The molecule has 1 atom stereocenters. The maximum Gasteiger partial charge on any atom is 0.221 e. The molecule has 0 saturated carbocycles. The van der Waals surface area contributed by atoms with Crippen LogP contribution in [0.25, 0.3) is 0 Å². The highest BCUT2D eigenvalue weighted by molar-refractivity contribution is 6.33. The second-order valence-corrected chi connectivity index (χ2v) is 9.32. The van der Waals surface area contributed by atoms with Crippen molar-refractivity contribution in [2.24, 2.45) is 11.3 Å². The van der Waals surface area contributed by atoms with Crippen molar-refractivity contribution < 1.29 is 4.79 Å². The fourth-order valence-corrected chi connectivity index (χ4v) is 4.64. The van der Waals surface area contributed by atoms with Gasteiger partial charge < -0.3 is 10.2 Å². The van der Waals surface area contributed by atoms with Gasteiger partial charge in [-0.15, -0.1) is 0 Å². The maximum atomic E-state index is 11.2. The van der Waals surface area contributed by atoms with E-state index in [1.807, 2.05) is 18.2 Å². The molecule has 2 fully saturated rings. The summed E-state index contributed by atoms with van der Waals surface area (Å²) in [4.78, 5) is 16.3. The van der Waals surface area contributed by atoms with Crippen LogP contribution in [0.2, 0.25) is 5.02 Å². The minimum absolute atomic E-state index is 0.0752. The highest BCUT2D eigenvalue weighted by Crippen LogP contribution is 2.37. The van der Waals surface area contributed by atoms with E-state index >= 15 is 0 Å². The molecule has 3 rings (SSSR count). The van der Waals surface area contributed by atoms with Crippen molar-refractivity contribution in [2.45, 2.75) is 53.0 Å². The Kier molecular flexibility index (Phi) is 5.83. The Bertz CT molecular complexity index is 647. The van der Waals surface area contributed by atoms with Gasteiger partial charge >= 0.3 is 0 Å². The number of halogens is 1. The number of nitrogens with one attached hydrogen (secondary N) is 1. The van der Waals surface area contributed by atoms with Gasteiger partial charge in [0.2, 0.25) is 5.91 Å². The summed E-state index contributed by atoms with van der Waals surface area (Å²) in [6.07, 6.45) is 3.72. The minimum Gasteiger partial charge on any atom is -0.370 e. The molecule has 0 radical (unpaired) electrons. The van der Waals surface area contributed by atoms with Gasteiger partial charge in [-0.1, -0.05) is 32.4 Å². The van der Waals surface area contributed by atoms with Crippen LogP contribution in [0.5, 0.6) is 0 Å². The van der Waals surface area contributed by atoms with Gasteiger partial charge in [-0.25, -0.2) is 0 Å². The largest absolute Gasteiger partial charge is 0.370 e. The molecule has 1 unspecified atom stereocenters. The number of benzene rings is 1. The van der Waals surface area contributed by atoms with Crippen LogP contribution >= 0.6 is 11.6 Å². The molecule has 144 valence electrons. The lowest BCUT2D eigenvalue weighted by molar-refractivity contribution is -0.114. The topological polar surface area (TPSA) is 35.6 Å². The van der Waals surface area contributed by atoms with E-state index in [2.05, 4.69) is 35.9 Å². The fourth-order valence-electron chi connectivity index (χ4n) is 4.34. The number of piperidine rings is 1. The third kappa shape index (κ3) is 4.52. The number of hydrogen-bond donors (Lipinski definition) is 1. The van der Waals surface area contributed by atoms with Crippen LogP contribution < -0.4 is 10.2 Å². The molecule has 0 aliphatic carbocycles. The molecule has 4 nitrogen and oxygen atoms in total. The number of likely N-dealkylation sites (tertiary alicyclic amines) is 1. The Morgan fingerprint density at radius 1 is 1.15 bits per heavy atom. The summed E-state index contributed by atoms with van der Waals surface area (Å²) in [5, 5.41) is 3.50. The summed E-state index contributed by atoms with van der Waals surface area (Å²) in [6, 6.07) is 6.51. The monoisotopic (exact) mass is 377 g/mol. The quantitative estimate of drug-likeness (QED) is 0.833. The molecule has 5 heteroatoms. The van der Waals surface area contributed by atoms with Gasteiger partial charge in [0.1, 0.15) is 0 Å². The lowest BCUT2D eigenvalue weighted by atomic mass is 9.80. The molecule has 1 amide bonds. The number of rotatable bonds is 3. The van der Waals surface area contributed by atoms with Crippen LogP contribution in [-0.4, -0.2) is 43.0 Å². The number of anilines is 2. The van der Waals surface area contributed by atoms with E-state index in [1.54, 1.807) is 0 Å². The molecule has 2 saturated heterocycles. The van der Waals surface area contributed by atoms with Crippen molar-refractivity contribution in [1.29, 1.82) is 0 Å². The first-order valence-corrected chi connectivity index (χ1v) is 10.2. The molecule has 0 aromatic heterocycles. The molecule has 1 aromatic rings. The highest BCUT2D eigenvalue weighted by Gasteiger charge is 2.35. The van der Waals surface area contributed by atoms with E-state index in [-0.39, 0.29) is 5.91 Å². The average Bonchev–Trinajstić information content (AvgIpc) is 3.05. The van der Waals surface area contributed by atoms with E-state index in [9.17, 15) is 4.79 Å². The van der Waals surface area contributed by atoms with Crippen molar-refractivity contribution in [1.82, 2.24) is 4.90 Å². The van der Waals surface area contributed by atoms with Crippen molar-refractivity contribution >= 4 is 28.9 Å². The van der Waals surface area contributed by atoms with Crippen molar-refractivity contribution in [3.63, 3.8) is 0 Å². The number of nitrogens with zero attached hydrogens (tertiary/aromatic N) is 2. The zero-order chi connectivity index (χ0) is 18.9. The Hall–Kier alpha value is -1.26. The van der Waals surface area contributed by atoms with Crippen molar-refractivity contribution in [2.75, 3.05) is 36.4 Å². The number of amides is 1. The second-order valence-electron chi connectivity index (χ2n) is 8.91. The van der Waals surface area contributed by atoms with Crippen LogP contribution in [0.3, 0.4) is 0 Å². The molecule has 26 heavy (non-hydrogen) atoms. The SMILES string of the molecule is CC(=O)Nc1ccc(N2CCC(N3CCC(C(C)(C)C)C3)CC2)c(Cl)c1. The van der Waals surface area contributed by atoms with Crippen LogP contribution in [0.4, 0.5) is 11.4 Å².